The Kier molecular flexibility index (Phi) is 3.79. The third kappa shape index (κ3) is 2.64. The number of carbonyl (C=O) groups is 1. The minimum Gasteiger partial charge on any atom is -0.463 e. The largest absolute Gasteiger partial charge is 0.463 e. The molecule has 1 saturated carbocycles. The lowest BCUT2D eigenvalue weighted by atomic mass is 10.1. The maximum atomic E-state index is 11.8. The summed E-state index contributed by atoms with van der Waals surface area (Å²) in [5.74, 6) is 0.0225. The summed E-state index contributed by atoms with van der Waals surface area (Å²) in [4.78, 5) is 11.8. The van der Waals surface area contributed by atoms with E-state index in [4.69, 9.17) is 9.84 Å². The first-order valence-corrected chi connectivity index (χ1v) is 5.79. The quantitative estimate of drug-likeness (QED) is 0.590. The summed E-state index contributed by atoms with van der Waals surface area (Å²) in [6.45, 7) is 9.77. The van der Waals surface area contributed by atoms with E-state index in [-0.39, 0.29) is 35.9 Å². The zero-order valence-corrected chi connectivity index (χ0v) is 10.8. The predicted molar refractivity (Wildman–Crippen MR) is 62.8 cm³/mol. The Hall–Kier alpha value is -0.830. The Bertz CT molecular complexity index is 302. The fourth-order valence-corrected chi connectivity index (χ4v) is 2.10. The first-order chi connectivity index (χ1) is 7.30. The van der Waals surface area contributed by atoms with Gasteiger partial charge in [-0.2, -0.15) is 0 Å². The molecule has 1 aliphatic rings. The van der Waals surface area contributed by atoms with Crippen molar-refractivity contribution >= 4 is 5.97 Å². The van der Waals surface area contributed by atoms with Crippen molar-refractivity contribution in [1.82, 2.24) is 0 Å². The SMILES string of the molecule is C/C(=C\C1C(C(=O)OC(C)C)C1(C)C)CO. The van der Waals surface area contributed by atoms with E-state index in [9.17, 15) is 4.79 Å². The number of hydrogen-bond donors (Lipinski definition) is 1. The second-order valence-corrected chi connectivity index (χ2v) is 5.48. The summed E-state index contributed by atoms with van der Waals surface area (Å²) in [7, 11) is 0. The molecular formula is C13H22O3. The molecule has 16 heavy (non-hydrogen) atoms. The molecule has 1 N–H and O–H groups in total. The second kappa shape index (κ2) is 4.58. The van der Waals surface area contributed by atoms with Gasteiger partial charge in [0.1, 0.15) is 0 Å². The van der Waals surface area contributed by atoms with Gasteiger partial charge in [0.2, 0.25) is 0 Å². The Labute approximate surface area is 97.5 Å². The Morgan fingerprint density at radius 3 is 2.50 bits per heavy atom. The summed E-state index contributed by atoms with van der Waals surface area (Å²) in [6, 6.07) is 0. The number of rotatable bonds is 4. The van der Waals surface area contributed by atoms with Gasteiger partial charge in [-0.1, -0.05) is 25.5 Å². The molecule has 0 aromatic rings. The van der Waals surface area contributed by atoms with Crippen molar-refractivity contribution in [2.45, 2.75) is 40.7 Å². The number of aliphatic hydroxyl groups is 1. The summed E-state index contributed by atoms with van der Waals surface area (Å²) >= 11 is 0. The standard InChI is InChI=1S/C13H22O3/c1-8(2)16-12(15)11-10(13(11,4)5)6-9(3)7-14/h6,8,10-11,14H,7H2,1-5H3/b9-6+. The molecule has 0 saturated heterocycles. The van der Waals surface area contributed by atoms with Crippen molar-refractivity contribution in [3.05, 3.63) is 11.6 Å². The van der Waals surface area contributed by atoms with Crippen LogP contribution in [0, 0.1) is 17.3 Å². The zero-order valence-electron chi connectivity index (χ0n) is 10.8. The normalized spacial score (nSPS) is 28.1. The van der Waals surface area contributed by atoms with Crippen molar-refractivity contribution in [3.63, 3.8) is 0 Å². The molecule has 92 valence electrons. The average Bonchev–Trinajstić information content (AvgIpc) is 2.66. The monoisotopic (exact) mass is 226 g/mol. The van der Waals surface area contributed by atoms with Crippen LogP contribution < -0.4 is 0 Å². The zero-order chi connectivity index (χ0) is 12.5. The van der Waals surface area contributed by atoms with Gasteiger partial charge in [-0.3, -0.25) is 4.79 Å². The molecule has 3 heteroatoms. The lowest BCUT2D eigenvalue weighted by Gasteiger charge is -2.08. The van der Waals surface area contributed by atoms with E-state index in [2.05, 4.69) is 13.8 Å². The van der Waals surface area contributed by atoms with Crippen LogP contribution in [0.25, 0.3) is 0 Å². The molecule has 2 atom stereocenters. The number of aliphatic hydroxyl groups excluding tert-OH is 1. The van der Waals surface area contributed by atoms with Crippen LogP contribution in [-0.4, -0.2) is 23.8 Å². The van der Waals surface area contributed by atoms with Gasteiger partial charge >= 0.3 is 5.97 Å². The van der Waals surface area contributed by atoms with Crippen LogP contribution in [-0.2, 0) is 9.53 Å². The minimum absolute atomic E-state index is 0.0393. The van der Waals surface area contributed by atoms with Crippen molar-refractivity contribution in [3.8, 4) is 0 Å². The van der Waals surface area contributed by atoms with Gasteiger partial charge in [-0.25, -0.2) is 0 Å². The maximum Gasteiger partial charge on any atom is 0.310 e. The molecule has 2 unspecified atom stereocenters. The van der Waals surface area contributed by atoms with Crippen molar-refractivity contribution in [1.29, 1.82) is 0 Å². The fraction of sp³-hybridized carbons (Fsp3) is 0.769. The summed E-state index contributed by atoms with van der Waals surface area (Å²) in [6.07, 6.45) is 1.93. The minimum atomic E-state index is -0.119. The van der Waals surface area contributed by atoms with Crippen molar-refractivity contribution in [2.75, 3.05) is 6.61 Å². The molecule has 0 radical (unpaired) electrons. The van der Waals surface area contributed by atoms with Crippen LogP contribution in [0.15, 0.2) is 11.6 Å². The fourth-order valence-electron chi connectivity index (χ4n) is 2.10. The van der Waals surface area contributed by atoms with Crippen LogP contribution in [0.4, 0.5) is 0 Å². The van der Waals surface area contributed by atoms with E-state index >= 15 is 0 Å². The van der Waals surface area contributed by atoms with Gasteiger partial charge in [-0.05, 0) is 32.1 Å². The predicted octanol–water partition coefficient (Wildman–Crippen LogP) is 2.15. The Balaban J connectivity index is 2.67. The molecule has 0 bridgehead atoms. The third-order valence-electron chi connectivity index (χ3n) is 3.23. The van der Waals surface area contributed by atoms with Crippen LogP contribution >= 0.6 is 0 Å². The van der Waals surface area contributed by atoms with E-state index in [1.54, 1.807) is 0 Å². The molecule has 0 spiro atoms. The molecular weight excluding hydrogens is 204 g/mol. The van der Waals surface area contributed by atoms with E-state index in [1.807, 2.05) is 26.8 Å². The topological polar surface area (TPSA) is 46.5 Å². The van der Waals surface area contributed by atoms with E-state index in [0.717, 1.165) is 5.57 Å². The number of esters is 1. The molecule has 0 heterocycles. The molecule has 0 aromatic carbocycles. The first-order valence-electron chi connectivity index (χ1n) is 5.79. The lowest BCUT2D eigenvalue weighted by molar-refractivity contribution is -0.150. The van der Waals surface area contributed by atoms with Gasteiger partial charge in [0, 0.05) is 0 Å². The highest BCUT2D eigenvalue weighted by molar-refractivity contribution is 5.78. The first kappa shape index (κ1) is 13.2. The van der Waals surface area contributed by atoms with Crippen LogP contribution in [0.5, 0.6) is 0 Å². The highest BCUT2D eigenvalue weighted by atomic mass is 16.5. The number of allylic oxidation sites excluding steroid dienone is 1. The molecule has 0 aromatic heterocycles. The number of hydrogen-bond acceptors (Lipinski definition) is 3. The Morgan fingerprint density at radius 2 is 2.06 bits per heavy atom. The lowest BCUT2D eigenvalue weighted by Crippen LogP contribution is -2.15. The molecule has 1 aliphatic carbocycles. The Morgan fingerprint density at radius 1 is 1.50 bits per heavy atom. The molecule has 1 rings (SSSR count). The van der Waals surface area contributed by atoms with Gasteiger partial charge < -0.3 is 9.84 Å². The maximum absolute atomic E-state index is 11.8. The summed E-state index contributed by atoms with van der Waals surface area (Å²) in [5, 5.41) is 8.97. The van der Waals surface area contributed by atoms with Gasteiger partial charge in [0.05, 0.1) is 18.6 Å². The van der Waals surface area contributed by atoms with E-state index in [1.165, 1.54) is 0 Å². The molecule has 3 nitrogen and oxygen atoms in total. The van der Waals surface area contributed by atoms with Crippen LogP contribution in [0.3, 0.4) is 0 Å². The number of ether oxygens (including phenoxy) is 1. The van der Waals surface area contributed by atoms with Gasteiger partial charge in [-0.15, -0.1) is 0 Å². The molecule has 0 amide bonds. The van der Waals surface area contributed by atoms with Crippen molar-refractivity contribution < 1.29 is 14.6 Å². The van der Waals surface area contributed by atoms with Crippen LogP contribution in [0.2, 0.25) is 0 Å². The van der Waals surface area contributed by atoms with Crippen LogP contribution in [0.1, 0.15) is 34.6 Å². The van der Waals surface area contributed by atoms with Gasteiger partial charge in [0.15, 0.2) is 0 Å². The summed E-state index contributed by atoms with van der Waals surface area (Å²) < 4.78 is 5.22. The van der Waals surface area contributed by atoms with Crippen molar-refractivity contribution in [2.24, 2.45) is 17.3 Å². The van der Waals surface area contributed by atoms with Gasteiger partial charge in [0.25, 0.3) is 0 Å². The second-order valence-electron chi connectivity index (χ2n) is 5.48. The smallest absolute Gasteiger partial charge is 0.310 e. The number of carbonyl (C=O) groups excluding carboxylic acids is 1. The third-order valence-corrected chi connectivity index (χ3v) is 3.23. The average molecular weight is 226 g/mol. The highest BCUT2D eigenvalue weighted by Crippen LogP contribution is 2.59. The molecule has 1 fully saturated rings. The van der Waals surface area contributed by atoms with E-state index in [0.29, 0.717) is 0 Å². The summed E-state index contributed by atoms with van der Waals surface area (Å²) in [5.41, 5.74) is 0.875. The highest BCUT2D eigenvalue weighted by Gasteiger charge is 2.61. The van der Waals surface area contributed by atoms with E-state index < -0.39 is 0 Å². The molecule has 0 aliphatic heterocycles.